The number of carbonyl (C=O) groups excluding carboxylic acids is 1. The number of ether oxygens (including phenoxy) is 1. The number of hydrogen-bond donors (Lipinski definition) is 5. The van der Waals surface area contributed by atoms with Crippen molar-refractivity contribution in [2.45, 2.75) is 33.6 Å². The Morgan fingerprint density at radius 3 is 1.25 bits per heavy atom. The lowest BCUT2D eigenvalue weighted by Gasteiger charge is -2.07. The van der Waals surface area contributed by atoms with Crippen LogP contribution in [0.3, 0.4) is 0 Å². The van der Waals surface area contributed by atoms with Gasteiger partial charge >= 0.3 is 17.9 Å². The molecule has 0 fully saturated rings. The summed E-state index contributed by atoms with van der Waals surface area (Å²) < 4.78 is 4.27. The molecule has 0 aliphatic heterocycles. The third kappa shape index (κ3) is 31.3. The van der Waals surface area contributed by atoms with Crippen molar-refractivity contribution in [3.8, 4) is 0 Å². The minimum atomic E-state index is -0.935. The summed E-state index contributed by atoms with van der Waals surface area (Å²) in [5, 5.41) is 41.1. The number of rotatable bonds is 8. The van der Waals surface area contributed by atoms with Crippen molar-refractivity contribution in [2.24, 2.45) is 5.92 Å². The van der Waals surface area contributed by atoms with Crippen molar-refractivity contribution in [3.63, 3.8) is 0 Å². The molecule has 0 aromatic rings. The molecule has 0 unspecified atom stereocenters. The average Bonchev–Trinajstić information content (AvgIpc) is 2.63. The minimum absolute atomic E-state index is 0.0104. The van der Waals surface area contributed by atoms with Gasteiger partial charge in [0.25, 0.3) is 0 Å². The molecular weight excluding hydrogens is 372 g/mol. The van der Waals surface area contributed by atoms with Crippen LogP contribution in [0.1, 0.15) is 33.6 Å². The van der Waals surface area contributed by atoms with E-state index in [1.165, 1.54) is 21.0 Å². The minimum Gasteiger partial charge on any atom is -0.478 e. The van der Waals surface area contributed by atoms with Gasteiger partial charge in [0.2, 0.25) is 0 Å². The maximum atomic E-state index is 10.2. The molecular formula is C19H34O9. The lowest BCUT2D eigenvalue weighted by atomic mass is 10.1. The molecule has 0 radical (unpaired) electrons. The van der Waals surface area contributed by atoms with E-state index >= 15 is 0 Å². The Morgan fingerprint density at radius 1 is 0.821 bits per heavy atom. The molecule has 164 valence electrons. The van der Waals surface area contributed by atoms with Gasteiger partial charge in [0.1, 0.15) is 0 Å². The fourth-order valence-electron chi connectivity index (χ4n) is 0.795. The summed E-state index contributed by atoms with van der Waals surface area (Å²) in [5.41, 5.74) is 0.785. The first-order valence-electron chi connectivity index (χ1n) is 8.16. The Labute approximate surface area is 166 Å². The summed E-state index contributed by atoms with van der Waals surface area (Å²) in [7, 11) is 1.33. The molecule has 0 rings (SSSR count). The molecule has 0 amide bonds. The fourth-order valence-corrected chi connectivity index (χ4v) is 0.795. The van der Waals surface area contributed by atoms with Crippen molar-refractivity contribution in [1.82, 2.24) is 0 Å². The van der Waals surface area contributed by atoms with E-state index in [0.717, 1.165) is 0 Å². The van der Waals surface area contributed by atoms with Crippen molar-refractivity contribution < 1.29 is 44.7 Å². The molecule has 0 aromatic heterocycles. The first kappa shape index (κ1) is 33.1. The lowest BCUT2D eigenvalue weighted by molar-refractivity contribution is -0.136. The van der Waals surface area contributed by atoms with E-state index in [4.69, 9.17) is 25.5 Å². The maximum Gasteiger partial charge on any atom is 0.332 e. The molecule has 0 atom stereocenters. The topological polar surface area (TPSA) is 162 Å². The summed E-state index contributed by atoms with van der Waals surface area (Å²) in [6.07, 6.45) is 1.36. The summed E-state index contributed by atoms with van der Waals surface area (Å²) in [6, 6.07) is 0. The molecule has 0 aliphatic rings. The van der Waals surface area contributed by atoms with E-state index < -0.39 is 11.9 Å². The number of carbonyl (C=O) groups is 3. The molecule has 9 nitrogen and oxygen atoms in total. The Hall–Kier alpha value is -2.49. The third-order valence-electron chi connectivity index (χ3n) is 2.55. The molecule has 5 N–H and O–H groups in total. The van der Waals surface area contributed by atoms with Gasteiger partial charge < -0.3 is 30.3 Å². The number of carboxylic acids is 2. The molecule has 0 bridgehead atoms. The molecule has 0 saturated carbocycles. The standard InChI is InChI=1S/C6H14O3.C5H8O2.2C4H6O2/c7-3-1-2-6(4-8)5-9;1-4(2)5(6)7-3;2*1-3(2)4(5)6/h6-9H,1-5H2;1H2,2-3H3;2*1H2,2H3,(H,5,6). The second-order valence-corrected chi connectivity index (χ2v) is 5.54. The molecule has 0 saturated heterocycles. The zero-order chi connectivity index (χ0) is 23.3. The SMILES string of the molecule is C=C(C)C(=O)O.C=C(C)C(=O)O.C=C(C)C(=O)OC.OCCCC(CO)CO. The molecule has 0 aromatic carbocycles. The van der Waals surface area contributed by atoms with Gasteiger partial charge in [-0.05, 0) is 33.6 Å². The van der Waals surface area contributed by atoms with Crippen LogP contribution in [0.25, 0.3) is 0 Å². The normalized spacial score (nSPS) is 8.57. The smallest absolute Gasteiger partial charge is 0.332 e. The number of aliphatic hydroxyl groups is 3. The van der Waals surface area contributed by atoms with Crippen LogP contribution >= 0.6 is 0 Å². The van der Waals surface area contributed by atoms with Crippen LogP contribution in [0.4, 0.5) is 0 Å². The fraction of sp³-hybridized carbons (Fsp3) is 0.526. The van der Waals surface area contributed by atoms with Crippen LogP contribution in [-0.2, 0) is 19.1 Å². The second-order valence-electron chi connectivity index (χ2n) is 5.54. The van der Waals surface area contributed by atoms with Gasteiger partial charge in [-0.2, -0.15) is 0 Å². The summed E-state index contributed by atoms with van der Waals surface area (Å²) in [5.74, 6) is -2.26. The van der Waals surface area contributed by atoms with E-state index in [-0.39, 0.29) is 42.9 Å². The van der Waals surface area contributed by atoms with E-state index in [1.54, 1.807) is 6.92 Å². The number of aliphatic carboxylic acids is 2. The highest BCUT2D eigenvalue weighted by Crippen LogP contribution is 2.02. The quantitative estimate of drug-likeness (QED) is 0.296. The summed E-state index contributed by atoms with van der Waals surface area (Å²) in [4.78, 5) is 29.4. The van der Waals surface area contributed by atoms with Crippen LogP contribution in [0.15, 0.2) is 36.5 Å². The number of esters is 1. The van der Waals surface area contributed by atoms with Crippen LogP contribution in [-0.4, -0.2) is 70.4 Å². The van der Waals surface area contributed by atoms with E-state index in [9.17, 15) is 14.4 Å². The van der Waals surface area contributed by atoms with Crippen LogP contribution < -0.4 is 0 Å². The van der Waals surface area contributed by atoms with Gasteiger partial charge in [-0.3, -0.25) is 0 Å². The Morgan fingerprint density at radius 2 is 1.14 bits per heavy atom. The van der Waals surface area contributed by atoms with Gasteiger partial charge in [0.05, 0.1) is 7.11 Å². The number of hydrogen-bond acceptors (Lipinski definition) is 7. The third-order valence-corrected chi connectivity index (χ3v) is 2.55. The lowest BCUT2D eigenvalue weighted by Crippen LogP contribution is -2.11. The van der Waals surface area contributed by atoms with Gasteiger partial charge in [-0.1, -0.05) is 19.7 Å². The van der Waals surface area contributed by atoms with Crippen molar-refractivity contribution in [3.05, 3.63) is 36.5 Å². The van der Waals surface area contributed by atoms with Crippen molar-refractivity contribution in [1.29, 1.82) is 0 Å². The second kappa shape index (κ2) is 22.6. The number of methoxy groups -OCH3 is 1. The Bertz CT molecular complexity index is 444. The highest BCUT2D eigenvalue weighted by molar-refractivity contribution is 5.86. The number of carboxylic acid groups (broad SMARTS) is 2. The monoisotopic (exact) mass is 406 g/mol. The van der Waals surface area contributed by atoms with Gasteiger partial charge in [-0.25, -0.2) is 14.4 Å². The van der Waals surface area contributed by atoms with Crippen LogP contribution in [0.5, 0.6) is 0 Å². The van der Waals surface area contributed by atoms with Crippen LogP contribution in [0.2, 0.25) is 0 Å². The van der Waals surface area contributed by atoms with E-state index in [0.29, 0.717) is 18.4 Å². The van der Waals surface area contributed by atoms with Crippen molar-refractivity contribution in [2.75, 3.05) is 26.9 Å². The largest absolute Gasteiger partial charge is 0.478 e. The zero-order valence-corrected chi connectivity index (χ0v) is 17.1. The molecule has 0 aliphatic carbocycles. The molecule has 0 heterocycles. The Balaban J connectivity index is -0.000000139. The number of aliphatic hydroxyl groups excluding tert-OH is 3. The van der Waals surface area contributed by atoms with Gasteiger partial charge in [0, 0.05) is 42.5 Å². The highest BCUT2D eigenvalue weighted by atomic mass is 16.5. The van der Waals surface area contributed by atoms with Gasteiger partial charge in [-0.15, -0.1) is 0 Å². The molecule has 9 heteroatoms. The predicted octanol–water partition coefficient (Wildman–Crippen LogP) is 1.39. The van der Waals surface area contributed by atoms with E-state index in [1.807, 2.05) is 0 Å². The average molecular weight is 406 g/mol. The van der Waals surface area contributed by atoms with E-state index in [2.05, 4.69) is 24.5 Å². The molecule has 28 heavy (non-hydrogen) atoms. The predicted molar refractivity (Wildman–Crippen MR) is 106 cm³/mol. The summed E-state index contributed by atoms with van der Waals surface area (Å²) in [6.45, 7) is 14.3. The highest BCUT2D eigenvalue weighted by Gasteiger charge is 2.03. The van der Waals surface area contributed by atoms with Crippen LogP contribution in [0, 0.1) is 5.92 Å². The van der Waals surface area contributed by atoms with Gasteiger partial charge in [0.15, 0.2) is 0 Å². The van der Waals surface area contributed by atoms with Crippen molar-refractivity contribution >= 4 is 17.9 Å². The zero-order valence-electron chi connectivity index (χ0n) is 17.1. The first-order valence-corrected chi connectivity index (χ1v) is 8.16. The molecule has 0 spiro atoms. The first-order chi connectivity index (χ1) is 12.8. The summed E-state index contributed by atoms with van der Waals surface area (Å²) >= 11 is 0. The Kier molecular flexibility index (Phi) is 26.7. The maximum absolute atomic E-state index is 10.2.